The minimum atomic E-state index is -1.13. The molecule has 1 aliphatic carbocycles. The predicted octanol–water partition coefficient (Wildman–Crippen LogP) is 4.11. The molecule has 8 nitrogen and oxygen atoms in total. The Kier molecular flexibility index (Phi) is 7.64. The number of aryl methyl sites for hydroxylation is 1. The zero-order valence-corrected chi connectivity index (χ0v) is 20.7. The molecule has 1 saturated carbocycles. The van der Waals surface area contributed by atoms with E-state index in [4.69, 9.17) is 11.5 Å². The third-order valence-electron chi connectivity index (χ3n) is 6.39. The number of benzene rings is 2. The van der Waals surface area contributed by atoms with Crippen molar-refractivity contribution in [2.75, 3.05) is 10.6 Å². The number of aromatic nitrogens is 1. The van der Waals surface area contributed by atoms with E-state index in [2.05, 4.69) is 9.69 Å². The molecule has 188 valence electrons. The van der Waals surface area contributed by atoms with Crippen LogP contribution in [0.2, 0.25) is 0 Å². The minimum absolute atomic E-state index is 0.00960. The molecule has 1 aromatic heterocycles. The van der Waals surface area contributed by atoms with Crippen molar-refractivity contribution >= 4 is 40.6 Å². The monoisotopic (exact) mass is 509 g/mol. The van der Waals surface area contributed by atoms with Gasteiger partial charge in [-0.3, -0.25) is 19.3 Å². The predicted molar refractivity (Wildman–Crippen MR) is 137 cm³/mol. The number of nitrogen functional groups attached to an aromatic ring is 1. The first kappa shape index (κ1) is 25.3. The molecular weight excluding hydrogens is 481 g/mol. The highest BCUT2D eigenvalue weighted by atomic mass is 32.1. The first-order chi connectivity index (χ1) is 17.3. The van der Waals surface area contributed by atoms with Gasteiger partial charge in [0.15, 0.2) is 5.69 Å². The second-order valence-electron chi connectivity index (χ2n) is 8.90. The van der Waals surface area contributed by atoms with E-state index in [9.17, 15) is 18.8 Å². The summed E-state index contributed by atoms with van der Waals surface area (Å²) in [5, 5.41) is 3.10. The van der Waals surface area contributed by atoms with Crippen LogP contribution in [0.4, 0.5) is 15.8 Å². The number of primary amides is 1. The van der Waals surface area contributed by atoms with Crippen molar-refractivity contribution in [3.8, 4) is 0 Å². The summed E-state index contributed by atoms with van der Waals surface area (Å²) >= 11 is 0.745. The van der Waals surface area contributed by atoms with Crippen LogP contribution < -0.4 is 21.7 Å². The number of nitrogens with zero attached hydrogens (tertiary/aromatic N) is 2. The van der Waals surface area contributed by atoms with Gasteiger partial charge in [0.05, 0.1) is 5.69 Å². The number of anilines is 2. The molecule has 3 aromatic rings. The van der Waals surface area contributed by atoms with E-state index in [0.717, 1.165) is 49.2 Å². The van der Waals surface area contributed by atoms with E-state index in [-0.39, 0.29) is 28.2 Å². The molecule has 4 rings (SSSR count). The van der Waals surface area contributed by atoms with Gasteiger partial charge in [0, 0.05) is 11.7 Å². The first-order valence-electron chi connectivity index (χ1n) is 11.8. The Balaban J connectivity index is 1.85. The van der Waals surface area contributed by atoms with Crippen LogP contribution in [0.3, 0.4) is 0 Å². The number of carbonyl (C=O) groups excluding carboxylic acids is 3. The van der Waals surface area contributed by atoms with E-state index < -0.39 is 23.7 Å². The Morgan fingerprint density at radius 3 is 2.36 bits per heavy atom. The molecule has 0 aliphatic heterocycles. The molecule has 0 saturated heterocycles. The van der Waals surface area contributed by atoms with Crippen molar-refractivity contribution in [1.82, 2.24) is 9.69 Å². The van der Waals surface area contributed by atoms with Crippen LogP contribution in [-0.4, -0.2) is 28.1 Å². The summed E-state index contributed by atoms with van der Waals surface area (Å²) in [4.78, 5) is 40.9. The number of rotatable bonds is 7. The van der Waals surface area contributed by atoms with Gasteiger partial charge in [0.1, 0.15) is 16.7 Å². The number of halogens is 1. The Hall–Kier alpha value is -3.79. The summed E-state index contributed by atoms with van der Waals surface area (Å²) < 4.78 is 17.8. The van der Waals surface area contributed by atoms with Crippen LogP contribution >= 0.6 is 11.5 Å². The van der Waals surface area contributed by atoms with Crippen molar-refractivity contribution < 1.29 is 18.8 Å². The fourth-order valence-electron chi connectivity index (χ4n) is 4.53. The van der Waals surface area contributed by atoms with Crippen LogP contribution in [0.25, 0.3) is 0 Å². The summed E-state index contributed by atoms with van der Waals surface area (Å²) in [6, 6.07) is 11.5. The van der Waals surface area contributed by atoms with Crippen molar-refractivity contribution in [3.63, 3.8) is 0 Å². The van der Waals surface area contributed by atoms with E-state index >= 15 is 0 Å². The Morgan fingerprint density at radius 2 is 1.75 bits per heavy atom. The molecule has 0 spiro atoms. The van der Waals surface area contributed by atoms with Gasteiger partial charge in [-0.15, -0.1) is 0 Å². The van der Waals surface area contributed by atoms with Crippen LogP contribution in [-0.2, 0) is 4.79 Å². The van der Waals surface area contributed by atoms with Crippen LogP contribution in [0.1, 0.15) is 69.4 Å². The van der Waals surface area contributed by atoms with E-state index in [1.165, 1.54) is 29.2 Å². The molecule has 1 heterocycles. The summed E-state index contributed by atoms with van der Waals surface area (Å²) in [5.41, 5.74) is 12.8. The number of amides is 3. The first-order valence-corrected chi connectivity index (χ1v) is 12.5. The van der Waals surface area contributed by atoms with Gasteiger partial charge in [-0.05, 0) is 60.6 Å². The Labute approximate surface area is 212 Å². The lowest BCUT2D eigenvalue weighted by molar-refractivity contribution is -0.123. The molecule has 3 amide bonds. The fourth-order valence-corrected chi connectivity index (χ4v) is 5.27. The van der Waals surface area contributed by atoms with E-state index in [1.807, 2.05) is 19.1 Å². The van der Waals surface area contributed by atoms with Gasteiger partial charge in [-0.25, -0.2) is 4.39 Å². The van der Waals surface area contributed by atoms with E-state index in [0.29, 0.717) is 11.3 Å². The van der Waals surface area contributed by atoms with Crippen molar-refractivity contribution in [3.05, 3.63) is 76.0 Å². The number of nitrogens with two attached hydrogens (primary N) is 2. The molecule has 2 aromatic carbocycles. The number of para-hydroxylation sites is 1. The van der Waals surface area contributed by atoms with Crippen LogP contribution in [0.15, 0.2) is 48.5 Å². The smallest absolute Gasteiger partial charge is 0.273 e. The van der Waals surface area contributed by atoms with E-state index in [1.54, 1.807) is 12.1 Å². The lowest BCUT2D eigenvalue weighted by Gasteiger charge is -2.34. The maximum absolute atomic E-state index is 14.0. The molecule has 1 fully saturated rings. The Bertz CT molecular complexity index is 1270. The average Bonchev–Trinajstić information content (AvgIpc) is 3.25. The van der Waals surface area contributed by atoms with Crippen LogP contribution in [0.5, 0.6) is 0 Å². The van der Waals surface area contributed by atoms with Gasteiger partial charge in [0.2, 0.25) is 5.91 Å². The van der Waals surface area contributed by atoms with Gasteiger partial charge < -0.3 is 16.8 Å². The number of hydrogen-bond acceptors (Lipinski definition) is 6. The number of hydrogen-bond donors (Lipinski definition) is 3. The molecule has 10 heteroatoms. The molecule has 1 atom stereocenters. The van der Waals surface area contributed by atoms with Crippen LogP contribution in [0, 0.1) is 12.7 Å². The SMILES string of the molecule is Cc1ccccc1N(C(=O)c1snc(C(N)=O)c1N)C(C(=O)NC1CCCCC1)c1ccc(F)cc1. The molecule has 1 unspecified atom stereocenters. The largest absolute Gasteiger partial charge is 0.395 e. The lowest BCUT2D eigenvalue weighted by atomic mass is 9.94. The lowest BCUT2D eigenvalue weighted by Crippen LogP contribution is -2.47. The van der Waals surface area contributed by atoms with Gasteiger partial charge in [-0.1, -0.05) is 49.6 Å². The number of nitrogens with one attached hydrogen (secondary N) is 1. The topological polar surface area (TPSA) is 131 Å². The standard InChI is InChI=1S/C26H28FN5O3S/c1-15-7-5-6-10-19(15)32(26(35)23-20(28)21(24(29)33)31-36-23)22(16-11-13-17(27)14-12-16)25(34)30-18-8-3-2-4-9-18/h5-7,10-14,18,22H,2-4,8-9,28H2,1H3,(H2,29,33)(H,30,34). The Morgan fingerprint density at radius 1 is 1.08 bits per heavy atom. The molecule has 1 aliphatic rings. The van der Waals surface area contributed by atoms with Crippen molar-refractivity contribution in [1.29, 1.82) is 0 Å². The maximum Gasteiger partial charge on any atom is 0.273 e. The average molecular weight is 510 g/mol. The fraction of sp³-hybridized carbons (Fsp3) is 0.308. The normalized spacial score (nSPS) is 14.7. The van der Waals surface area contributed by atoms with Gasteiger partial charge >= 0.3 is 0 Å². The highest BCUT2D eigenvalue weighted by Crippen LogP contribution is 2.35. The minimum Gasteiger partial charge on any atom is -0.395 e. The maximum atomic E-state index is 14.0. The third-order valence-corrected chi connectivity index (χ3v) is 7.24. The van der Waals surface area contributed by atoms with Crippen molar-refractivity contribution in [2.24, 2.45) is 5.73 Å². The highest BCUT2D eigenvalue weighted by Gasteiger charge is 2.37. The molecular formula is C26H28FN5O3S. The van der Waals surface area contributed by atoms with Gasteiger partial charge in [0.25, 0.3) is 11.8 Å². The molecule has 5 N–H and O–H groups in total. The van der Waals surface area contributed by atoms with Crippen molar-refractivity contribution in [2.45, 2.75) is 51.1 Å². The molecule has 36 heavy (non-hydrogen) atoms. The van der Waals surface area contributed by atoms with Gasteiger partial charge in [-0.2, -0.15) is 4.37 Å². The molecule has 0 bridgehead atoms. The second kappa shape index (κ2) is 10.9. The summed E-state index contributed by atoms with van der Waals surface area (Å²) in [6.07, 6.45) is 4.85. The summed E-state index contributed by atoms with van der Waals surface area (Å²) in [7, 11) is 0. The molecule has 0 radical (unpaired) electrons. The zero-order valence-electron chi connectivity index (χ0n) is 19.9. The highest BCUT2D eigenvalue weighted by molar-refractivity contribution is 7.09. The summed E-state index contributed by atoms with van der Waals surface area (Å²) in [5.74, 6) is -2.31. The quantitative estimate of drug-likeness (QED) is 0.441. The zero-order chi connectivity index (χ0) is 25.8. The third kappa shape index (κ3) is 5.23. The second-order valence-corrected chi connectivity index (χ2v) is 9.67. The summed E-state index contributed by atoms with van der Waals surface area (Å²) in [6.45, 7) is 1.82. The number of carbonyl (C=O) groups is 3.